The molecule has 132 valence electrons. The zero-order chi connectivity index (χ0) is 17.6. The number of ketones is 3. The smallest absolute Gasteiger partial charge is 0.155 e. The molecule has 0 saturated carbocycles. The average Bonchev–Trinajstić information content (AvgIpc) is 2.10. The Kier molecular flexibility index (Phi) is 30.6. The third-order valence-corrected chi connectivity index (χ3v) is 1.24. The van der Waals surface area contributed by atoms with Crippen LogP contribution in [0.2, 0.25) is 0 Å². The molecule has 0 amide bonds. The van der Waals surface area contributed by atoms with Crippen LogP contribution < -0.4 is 0 Å². The summed E-state index contributed by atoms with van der Waals surface area (Å²) in [6.45, 7) is 8.54. The van der Waals surface area contributed by atoms with Gasteiger partial charge >= 0.3 is 0 Å². The van der Waals surface area contributed by atoms with Crippen LogP contribution in [0.3, 0.4) is 0 Å². The van der Waals surface area contributed by atoms with Gasteiger partial charge in [0.05, 0.1) is 17.3 Å². The first-order valence-electron chi connectivity index (χ1n) is 6.02. The predicted octanol–water partition coefficient (Wildman–Crippen LogP) is 2.29. The second-order valence-electron chi connectivity index (χ2n) is 4.19. The molecule has 0 fully saturated rings. The van der Waals surface area contributed by atoms with Gasteiger partial charge in [0.25, 0.3) is 0 Å². The first kappa shape index (κ1) is 33.5. The molecule has 0 atom stereocenters. The Labute approximate surface area is 170 Å². The van der Waals surface area contributed by atoms with Crippen LogP contribution in [0.5, 0.6) is 0 Å². The summed E-state index contributed by atoms with van der Waals surface area (Å²) in [7, 11) is 0. The summed E-state index contributed by atoms with van der Waals surface area (Å²) in [6.07, 6.45) is 3.50. The Morgan fingerprint density at radius 3 is 0.696 bits per heavy atom. The topological polar surface area (TPSA) is 143 Å². The van der Waals surface area contributed by atoms with Crippen molar-refractivity contribution in [3.8, 4) is 0 Å². The SMILES string of the molecule is CC(=O)/C=C(/C)O.CC(=O)/C=C(\C)O.CC(=O)/C=C(\C)O.O.[Ce]. The van der Waals surface area contributed by atoms with E-state index in [0.717, 1.165) is 0 Å². The summed E-state index contributed by atoms with van der Waals surface area (Å²) in [5.41, 5.74) is 0. The van der Waals surface area contributed by atoms with E-state index in [2.05, 4.69) is 0 Å². The molecular formula is C15H26CeO7. The van der Waals surface area contributed by atoms with Crippen molar-refractivity contribution in [2.45, 2.75) is 41.5 Å². The van der Waals surface area contributed by atoms with Gasteiger partial charge in [-0.05, 0) is 41.5 Å². The number of aliphatic hydroxyl groups is 3. The molecule has 0 aliphatic carbocycles. The third kappa shape index (κ3) is 62.7. The van der Waals surface area contributed by atoms with Crippen molar-refractivity contribution in [3.05, 3.63) is 35.5 Å². The third-order valence-electron chi connectivity index (χ3n) is 1.24. The van der Waals surface area contributed by atoms with Gasteiger partial charge in [-0.3, -0.25) is 14.4 Å². The van der Waals surface area contributed by atoms with E-state index in [9.17, 15) is 14.4 Å². The Morgan fingerprint density at radius 2 is 0.696 bits per heavy atom. The normalized spacial score (nSPS) is 10.4. The van der Waals surface area contributed by atoms with Gasteiger partial charge in [0.15, 0.2) is 17.3 Å². The Bertz CT molecular complexity index is 370. The number of hydrogen-bond donors (Lipinski definition) is 3. The minimum Gasteiger partial charge on any atom is -0.512 e. The van der Waals surface area contributed by atoms with E-state index >= 15 is 0 Å². The van der Waals surface area contributed by atoms with Crippen molar-refractivity contribution in [2.75, 3.05) is 0 Å². The molecule has 7 nitrogen and oxygen atoms in total. The summed E-state index contributed by atoms with van der Waals surface area (Å²) in [5, 5.41) is 25.1. The molecule has 0 bridgehead atoms. The Morgan fingerprint density at radius 1 is 0.565 bits per heavy atom. The fourth-order valence-corrected chi connectivity index (χ4v) is 0.882. The van der Waals surface area contributed by atoms with Crippen LogP contribution in [0.15, 0.2) is 35.5 Å². The van der Waals surface area contributed by atoms with Crippen LogP contribution in [0.4, 0.5) is 0 Å². The zero-order valence-electron chi connectivity index (χ0n) is 14.3. The molecule has 23 heavy (non-hydrogen) atoms. The van der Waals surface area contributed by atoms with Crippen LogP contribution in [0.1, 0.15) is 41.5 Å². The molecule has 5 N–H and O–H groups in total. The number of carbonyl (C=O) groups is 3. The van der Waals surface area contributed by atoms with Crippen LogP contribution in [-0.4, -0.2) is 38.1 Å². The first-order chi connectivity index (χ1) is 9.38. The van der Waals surface area contributed by atoms with Crippen molar-refractivity contribution in [3.63, 3.8) is 0 Å². The second kappa shape index (κ2) is 21.0. The average molecular weight is 458 g/mol. The molecule has 0 aromatic rings. The Hall–Kier alpha value is -1.03. The van der Waals surface area contributed by atoms with E-state index < -0.39 is 0 Å². The van der Waals surface area contributed by atoms with E-state index in [1.165, 1.54) is 59.8 Å². The maximum Gasteiger partial charge on any atom is 0.155 e. The van der Waals surface area contributed by atoms with E-state index in [-0.39, 0.29) is 81.9 Å². The summed E-state index contributed by atoms with van der Waals surface area (Å²) >= 11 is 0. The van der Waals surface area contributed by atoms with Gasteiger partial charge in [-0.25, -0.2) is 0 Å². The number of allylic oxidation sites excluding steroid dienone is 6. The molecule has 0 unspecified atom stereocenters. The van der Waals surface area contributed by atoms with Crippen LogP contribution in [-0.2, 0) is 14.4 Å². The molecule has 0 saturated heterocycles. The molecule has 0 aromatic heterocycles. The van der Waals surface area contributed by atoms with Crippen LogP contribution >= 0.6 is 0 Å². The molecule has 0 aliphatic rings. The molecule has 0 rings (SSSR count). The summed E-state index contributed by atoms with van der Waals surface area (Å²) in [5.74, 6) is -0.187. The Balaban J connectivity index is -0.0000000675. The molecule has 0 spiro atoms. The van der Waals surface area contributed by atoms with E-state index in [0.29, 0.717) is 0 Å². The molecular weight excluding hydrogens is 432 g/mol. The van der Waals surface area contributed by atoms with E-state index in [1.54, 1.807) is 0 Å². The number of hydrogen-bond acceptors (Lipinski definition) is 6. The maximum absolute atomic E-state index is 10.0. The zero-order valence-corrected chi connectivity index (χ0v) is 17.4. The van der Waals surface area contributed by atoms with E-state index in [4.69, 9.17) is 15.3 Å². The fraction of sp³-hybridized carbons (Fsp3) is 0.400. The molecule has 0 aliphatic heterocycles. The van der Waals surface area contributed by atoms with Gasteiger partial charge < -0.3 is 20.8 Å². The minimum absolute atomic E-state index is 0. The summed E-state index contributed by atoms with van der Waals surface area (Å²) < 4.78 is 0. The first-order valence-corrected chi connectivity index (χ1v) is 6.02. The summed E-state index contributed by atoms with van der Waals surface area (Å²) in [6, 6.07) is 0. The molecule has 0 radical (unpaired) electrons. The van der Waals surface area contributed by atoms with E-state index in [1.807, 2.05) is 0 Å². The molecule has 8 heteroatoms. The van der Waals surface area contributed by atoms with Gasteiger partial charge in [0, 0.05) is 60.0 Å². The standard InChI is InChI=1S/3C5H8O2.Ce.H2O/c3*1-4(6)3-5(2)7;;/h3*3,6H,1-2H3;;1H2/b2*4-3+;4-3-;;. The number of aliphatic hydroxyl groups excluding tert-OH is 3. The van der Waals surface area contributed by atoms with Gasteiger partial charge in [0.1, 0.15) is 0 Å². The fourth-order valence-electron chi connectivity index (χ4n) is 0.882. The van der Waals surface area contributed by atoms with Gasteiger partial charge in [0.2, 0.25) is 0 Å². The number of rotatable bonds is 3. The van der Waals surface area contributed by atoms with Crippen molar-refractivity contribution in [1.29, 1.82) is 0 Å². The number of carbonyl (C=O) groups excluding carboxylic acids is 3. The van der Waals surface area contributed by atoms with Crippen molar-refractivity contribution in [2.24, 2.45) is 0 Å². The quantitative estimate of drug-likeness (QED) is 0.437. The largest absolute Gasteiger partial charge is 0.512 e. The van der Waals surface area contributed by atoms with Crippen molar-refractivity contribution >= 4 is 17.3 Å². The minimum atomic E-state index is -0.125. The van der Waals surface area contributed by atoms with Gasteiger partial charge in [-0.1, -0.05) is 0 Å². The predicted molar refractivity (Wildman–Crippen MR) is 84.8 cm³/mol. The monoisotopic (exact) mass is 458 g/mol. The maximum atomic E-state index is 10.0. The molecule has 0 heterocycles. The van der Waals surface area contributed by atoms with Crippen LogP contribution in [0, 0.1) is 41.7 Å². The summed E-state index contributed by atoms with van der Waals surface area (Å²) in [4.78, 5) is 30.1. The van der Waals surface area contributed by atoms with Crippen molar-refractivity contribution < 1.29 is 76.9 Å². The second-order valence-corrected chi connectivity index (χ2v) is 4.19. The van der Waals surface area contributed by atoms with Gasteiger partial charge in [-0.2, -0.15) is 0 Å². The van der Waals surface area contributed by atoms with Crippen LogP contribution in [0.25, 0.3) is 0 Å². The molecule has 0 aromatic carbocycles. The van der Waals surface area contributed by atoms with Crippen molar-refractivity contribution in [1.82, 2.24) is 0 Å². The van der Waals surface area contributed by atoms with Gasteiger partial charge in [-0.15, -0.1) is 0 Å².